The summed E-state index contributed by atoms with van der Waals surface area (Å²) in [5, 5.41) is 0.634. The standard InChI is InChI=1S/C19H21ClN2O3/c1-13-6-8-17(10-14(13)2)25-12-19(24)22-21-18(23)9-7-15-4-3-5-16(20)11-15/h3-6,8,10-11H,7,9,12H2,1-2H3,(H,21,23)(H,22,24). The molecule has 0 unspecified atom stereocenters. The molecule has 0 fully saturated rings. The molecule has 2 aromatic rings. The highest BCUT2D eigenvalue weighted by Crippen LogP contribution is 2.16. The van der Waals surface area contributed by atoms with Crippen LogP contribution in [-0.2, 0) is 16.0 Å². The van der Waals surface area contributed by atoms with Crippen LogP contribution in [0.4, 0.5) is 0 Å². The SMILES string of the molecule is Cc1ccc(OCC(=O)NNC(=O)CCc2cccc(Cl)c2)cc1C. The zero-order chi connectivity index (χ0) is 18.2. The Morgan fingerprint density at radius 1 is 1.00 bits per heavy atom. The number of ether oxygens (including phenoxy) is 1. The van der Waals surface area contributed by atoms with Crippen molar-refractivity contribution in [2.24, 2.45) is 0 Å². The first-order chi connectivity index (χ1) is 11.9. The summed E-state index contributed by atoms with van der Waals surface area (Å²) in [6.45, 7) is 3.81. The zero-order valence-corrected chi connectivity index (χ0v) is 15.0. The number of carbonyl (C=O) groups is 2. The maximum Gasteiger partial charge on any atom is 0.276 e. The third-order valence-corrected chi connectivity index (χ3v) is 3.95. The maximum absolute atomic E-state index is 11.8. The lowest BCUT2D eigenvalue weighted by Gasteiger charge is -2.10. The Hall–Kier alpha value is -2.53. The maximum atomic E-state index is 11.8. The molecule has 25 heavy (non-hydrogen) atoms. The van der Waals surface area contributed by atoms with Gasteiger partial charge in [0.15, 0.2) is 6.61 Å². The van der Waals surface area contributed by atoms with Gasteiger partial charge in [0.05, 0.1) is 0 Å². The van der Waals surface area contributed by atoms with Crippen LogP contribution < -0.4 is 15.6 Å². The summed E-state index contributed by atoms with van der Waals surface area (Å²) in [5.74, 6) is -0.0839. The second kappa shape index (κ2) is 9.08. The Labute approximate surface area is 152 Å². The lowest BCUT2D eigenvalue weighted by atomic mass is 10.1. The van der Waals surface area contributed by atoms with Crippen molar-refractivity contribution < 1.29 is 14.3 Å². The van der Waals surface area contributed by atoms with E-state index in [-0.39, 0.29) is 18.9 Å². The van der Waals surface area contributed by atoms with E-state index in [2.05, 4.69) is 10.9 Å². The molecular weight excluding hydrogens is 340 g/mol. The lowest BCUT2D eigenvalue weighted by molar-refractivity contribution is -0.130. The van der Waals surface area contributed by atoms with Crippen molar-refractivity contribution in [2.75, 3.05) is 6.61 Å². The minimum atomic E-state index is -0.422. The Balaban J connectivity index is 1.68. The minimum absolute atomic E-state index is 0.170. The van der Waals surface area contributed by atoms with Crippen molar-refractivity contribution in [1.29, 1.82) is 0 Å². The normalized spacial score (nSPS) is 10.2. The van der Waals surface area contributed by atoms with Crippen LogP contribution in [0.1, 0.15) is 23.1 Å². The van der Waals surface area contributed by atoms with Gasteiger partial charge in [-0.1, -0.05) is 29.8 Å². The second-order valence-electron chi connectivity index (χ2n) is 5.76. The molecule has 132 valence electrons. The van der Waals surface area contributed by atoms with Gasteiger partial charge in [0.1, 0.15) is 5.75 Å². The van der Waals surface area contributed by atoms with Gasteiger partial charge < -0.3 is 4.74 Å². The fraction of sp³-hybridized carbons (Fsp3) is 0.263. The topological polar surface area (TPSA) is 67.4 Å². The summed E-state index contributed by atoms with van der Waals surface area (Å²) in [6.07, 6.45) is 0.792. The van der Waals surface area contributed by atoms with E-state index in [0.29, 0.717) is 17.2 Å². The average Bonchev–Trinajstić information content (AvgIpc) is 2.59. The molecule has 0 aliphatic rings. The highest BCUT2D eigenvalue weighted by Gasteiger charge is 2.07. The average molecular weight is 361 g/mol. The molecule has 0 atom stereocenters. The van der Waals surface area contributed by atoms with E-state index in [1.807, 2.05) is 44.2 Å². The smallest absolute Gasteiger partial charge is 0.276 e. The van der Waals surface area contributed by atoms with E-state index < -0.39 is 5.91 Å². The molecular formula is C19H21ClN2O3. The van der Waals surface area contributed by atoms with Crippen LogP contribution in [0, 0.1) is 13.8 Å². The van der Waals surface area contributed by atoms with E-state index in [1.165, 1.54) is 0 Å². The Morgan fingerprint density at radius 2 is 1.76 bits per heavy atom. The highest BCUT2D eigenvalue weighted by atomic mass is 35.5. The molecule has 0 saturated carbocycles. The van der Waals surface area contributed by atoms with Crippen molar-refractivity contribution >= 4 is 23.4 Å². The van der Waals surface area contributed by atoms with Gasteiger partial charge in [-0.25, -0.2) is 0 Å². The molecule has 5 nitrogen and oxygen atoms in total. The van der Waals surface area contributed by atoms with Gasteiger partial charge in [0.2, 0.25) is 5.91 Å². The summed E-state index contributed by atoms with van der Waals surface area (Å²) in [6, 6.07) is 12.9. The minimum Gasteiger partial charge on any atom is -0.484 e. The summed E-state index contributed by atoms with van der Waals surface area (Å²) < 4.78 is 5.40. The first-order valence-electron chi connectivity index (χ1n) is 7.96. The third-order valence-electron chi connectivity index (χ3n) is 3.72. The number of benzene rings is 2. The molecule has 0 bridgehead atoms. The Morgan fingerprint density at radius 3 is 2.48 bits per heavy atom. The van der Waals surface area contributed by atoms with E-state index in [1.54, 1.807) is 12.1 Å². The molecule has 2 rings (SSSR count). The number of halogens is 1. The number of amides is 2. The quantitative estimate of drug-likeness (QED) is 0.778. The molecule has 0 aliphatic carbocycles. The van der Waals surface area contributed by atoms with E-state index >= 15 is 0 Å². The van der Waals surface area contributed by atoms with Crippen LogP contribution >= 0.6 is 11.6 Å². The van der Waals surface area contributed by atoms with Gasteiger partial charge >= 0.3 is 0 Å². The van der Waals surface area contributed by atoms with Crippen molar-refractivity contribution in [2.45, 2.75) is 26.7 Å². The molecule has 0 spiro atoms. The fourth-order valence-electron chi connectivity index (χ4n) is 2.14. The number of hydrazine groups is 1. The van der Waals surface area contributed by atoms with Gasteiger partial charge in [0, 0.05) is 11.4 Å². The number of aryl methyl sites for hydroxylation is 3. The molecule has 2 aromatic carbocycles. The van der Waals surface area contributed by atoms with Crippen LogP contribution in [-0.4, -0.2) is 18.4 Å². The van der Waals surface area contributed by atoms with E-state index in [4.69, 9.17) is 16.3 Å². The van der Waals surface area contributed by atoms with E-state index in [0.717, 1.165) is 16.7 Å². The number of hydrogen-bond donors (Lipinski definition) is 2. The van der Waals surface area contributed by atoms with E-state index in [9.17, 15) is 9.59 Å². The second-order valence-corrected chi connectivity index (χ2v) is 6.20. The molecule has 0 aliphatic heterocycles. The predicted molar refractivity (Wildman–Crippen MR) is 97.5 cm³/mol. The van der Waals surface area contributed by atoms with Crippen molar-refractivity contribution in [3.63, 3.8) is 0 Å². The zero-order valence-electron chi connectivity index (χ0n) is 14.3. The van der Waals surface area contributed by atoms with Gasteiger partial charge in [-0.2, -0.15) is 0 Å². The van der Waals surface area contributed by atoms with Crippen molar-refractivity contribution in [1.82, 2.24) is 10.9 Å². The number of hydrogen-bond acceptors (Lipinski definition) is 3. The number of carbonyl (C=O) groups excluding carboxylic acids is 2. The molecule has 0 heterocycles. The molecule has 0 aromatic heterocycles. The van der Waals surface area contributed by atoms with Gasteiger partial charge in [-0.05, 0) is 61.2 Å². The molecule has 0 saturated heterocycles. The Bertz CT molecular complexity index is 762. The van der Waals surface area contributed by atoms with Crippen LogP contribution in [0.2, 0.25) is 5.02 Å². The summed E-state index contributed by atoms with van der Waals surface area (Å²) in [4.78, 5) is 23.5. The molecule has 2 amide bonds. The van der Waals surface area contributed by atoms with Gasteiger partial charge in [0.25, 0.3) is 5.91 Å². The summed E-state index contributed by atoms with van der Waals surface area (Å²) in [5.41, 5.74) is 7.92. The molecule has 2 N–H and O–H groups in total. The summed E-state index contributed by atoms with van der Waals surface area (Å²) >= 11 is 5.90. The first-order valence-corrected chi connectivity index (χ1v) is 8.34. The Kier molecular flexibility index (Phi) is 6.83. The highest BCUT2D eigenvalue weighted by molar-refractivity contribution is 6.30. The summed E-state index contributed by atoms with van der Waals surface area (Å²) in [7, 11) is 0. The van der Waals surface area contributed by atoms with Gasteiger partial charge in [-0.15, -0.1) is 0 Å². The van der Waals surface area contributed by atoms with Crippen LogP contribution in [0.5, 0.6) is 5.75 Å². The first kappa shape index (κ1) is 18.8. The van der Waals surface area contributed by atoms with Crippen LogP contribution in [0.15, 0.2) is 42.5 Å². The largest absolute Gasteiger partial charge is 0.484 e. The molecule has 0 radical (unpaired) electrons. The number of rotatable bonds is 6. The monoisotopic (exact) mass is 360 g/mol. The third kappa shape index (κ3) is 6.47. The predicted octanol–water partition coefficient (Wildman–Crippen LogP) is 3.12. The number of nitrogens with one attached hydrogen (secondary N) is 2. The lowest BCUT2D eigenvalue weighted by Crippen LogP contribution is -2.43. The molecule has 6 heteroatoms. The van der Waals surface area contributed by atoms with Gasteiger partial charge in [-0.3, -0.25) is 20.4 Å². The fourth-order valence-corrected chi connectivity index (χ4v) is 2.35. The van der Waals surface area contributed by atoms with Crippen LogP contribution in [0.25, 0.3) is 0 Å². The van der Waals surface area contributed by atoms with Crippen molar-refractivity contribution in [3.8, 4) is 5.75 Å². The van der Waals surface area contributed by atoms with Crippen LogP contribution in [0.3, 0.4) is 0 Å². The van der Waals surface area contributed by atoms with Crippen molar-refractivity contribution in [3.05, 3.63) is 64.2 Å².